The summed E-state index contributed by atoms with van der Waals surface area (Å²) in [6, 6.07) is 13.6. The van der Waals surface area contributed by atoms with Crippen molar-refractivity contribution in [2.75, 3.05) is 4.90 Å². The number of fused-ring (bicyclic) bond motifs is 6. The lowest BCUT2D eigenvalue weighted by Crippen LogP contribution is -2.40. The first-order valence-electron chi connectivity index (χ1n) is 7.90. The zero-order chi connectivity index (χ0) is 14.8. The van der Waals surface area contributed by atoms with Crippen LogP contribution in [0.25, 0.3) is 10.8 Å². The fraction of sp³-hybridized carbons (Fsp3) is 0.333. The molecule has 3 aliphatic rings. The molecular weight excluding hydrogens is 276 g/mol. The summed E-state index contributed by atoms with van der Waals surface area (Å²) < 4.78 is 0. The molecule has 2 aromatic rings. The minimum Gasteiger partial charge on any atom is -0.309 e. The van der Waals surface area contributed by atoms with Crippen LogP contribution in [0.2, 0.25) is 0 Å². The first-order valence-corrected chi connectivity index (χ1v) is 7.90. The molecule has 0 aromatic heterocycles. The van der Waals surface area contributed by atoms with E-state index in [0.29, 0.717) is 5.92 Å². The summed E-state index contributed by atoms with van der Waals surface area (Å²) in [5.74, 6) is 0.329. The molecule has 2 aromatic carbocycles. The van der Waals surface area contributed by atoms with Crippen molar-refractivity contribution < 1.29 is 9.59 Å². The van der Waals surface area contributed by atoms with Crippen LogP contribution < -0.4 is 4.90 Å². The normalized spacial score (nSPS) is 29.7. The van der Waals surface area contributed by atoms with Crippen LogP contribution in [0.1, 0.15) is 19.3 Å². The SMILES string of the molecule is O=C1C2C3CCC(C3)N2C(=O)N1c1cccc2ccccc12. The highest BCUT2D eigenvalue weighted by Gasteiger charge is 2.59. The highest BCUT2D eigenvalue weighted by molar-refractivity contribution is 6.24. The van der Waals surface area contributed by atoms with Gasteiger partial charge < -0.3 is 4.90 Å². The molecule has 3 unspecified atom stereocenters. The van der Waals surface area contributed by atoms with Crippen LogP contribution in [0.15, 0.2) is 42.5 Å². The summed E-state index contributed by atoms with van der Waals surface area (Å²) in [4.78, 5) is 29.0. The molecule has 2 saturated heterocycles. The van der Waals surface area contributed by atoms with Gasteiger partial charge in [0.25, 0.3) is 5.91 Å². The molecule has 110 valence electrons. The summed E-state index contributed by atoms with van der Waals surface area (Å²) in [5.41, 5.74) is 0.724. The van der Waals surface area contributed by atoms with Crippen LogP contribution >= 0.6 is 0 Å². The standard InChI is InChI=1S/C18H16N2O2/c21-17-16-12-8-9-13(10-12)19(16)18(22)20(17)15-7-3-5-11-4-1-2-6-14(11)15/h1-7,12-13,16H,8-10H2. The van der Waals surface area contributed by atoms with E-state index in [4.69, 9.17) is 0 Å². The van der Waals surface area contributed by atoms with Crippen LogP contribution in [0.5, 0.6) is 0 Å². The molecule has 5 rings (SSSR count). The van der Waals surface area contributed by atoms with E-state index in [2.05, 4.69) is 0 Å². The first kappa shape index (κ1) is 12.2. The smallest absolute Gasteiger partial charge is 0.309 e. The number of carbonyl (C=O) groups is 2. The van der Waals surface area contributed by atoms with Crippen molar-refractivity contribution in [2.45, 2.75) is 31.3 Å². The van der Waals surface area contributed by atoms with Gasteiger partial charge in [0.1, 0.15) is 6.04 Å². The molecule has 1 saturated carbocycles. The molecule has 3 atom stereocenters. The fourth-order valence-corrected chi connectivity index (χ4v) is 4.55. The van der Waals surface area contributed by atoms with E-state index in [1.54, 1.807) is 0 Å². The Balaban J connectivity index is 1.66. The summed E-state index contributed by atoms with van der Waals surface area (Å²) in [5, 5.41) is 2.01. The molecule has 0 radical (unpaired) electrons. The van der Waals surface area contributed by atoms with E-state index in [1.165, 1.54) is 4.90 Å². The van der Waals surface area contributed by atoms with Gasteiger partial charge in [0.15, 0.2) is 0 Å². The predicted molar refractivity (Wildman–Crippen MR) is 83.6 cm³/mol. The van der Waals surface area contributed by atoms with E-state index in [-0.39, 0.29) is 24.0 Å². The molecule has 1 aliphatic carbocycles. The number of hydrogen-bond donors (Lipinski definition) is 0. The molecule has 2 aliphatic heterocycles. The third kappa shape index (κ3) is 1.37. The molecule has 22 heavy (non-hydrogen) atoms. The van der Waals surface area contributed by atoms with Crippen molar-refractivity contribution in [3.05, 3.63) is 42.5 Å². The number of carbonyl (C=O) groups excluding carboxylic acids is 2. The van der Waals surface area contributed by atoms with E-state index >= 15 is 0 Å². The Hall–Kier alpha value is -2.36. The number of imide groups is 1. The largest absolute Gasteiger partial charge is 0.332 e. The van der Waals surface area contributed by atoms with Crippen molar-refractivity contribution >= 4 is 28.4 Å². The van der Waals surface area contributed by atoms with Gasteiger partial charge in [-0.05, 0) is 36.6 Å². The molecule has 3 fully saturated rings. The van der Waals surface area contributed by atoms with Crippen LogP contribution in [-0.2, 0) is 4.79 Å². The molecule has 3 amide bonds. The third-order valence-electron chi connectivity index (χ3n) is 5.48. The van der Waals surface area contributed by atoms with Gasteiger partial charge in [0.05, 0.1) is 5.69 Å². The maximum atomic E-state index is 12.9. The lowest BCUT2D eigenvalue weighted by Gasteiger charge is -2.25. The quantitative estimate of drug-likeness (QED) is 0.758. The van der Waals surface area contributed by atoms with Gasteiger partial charge in [-0.1, -0.05) is 36.4 Å². The van der Waals surface area contributed by atoms with E-state index in [9.17, 15) is 9.59 Å². The number of anilines is 1. The van der Waals surface area contributed by atoms with E-state index in [1.807, 2.05) is 47.4 Å². The zero-order valence-corrected chi connectivity index (χ0v) is 12.1. The second-order valence-corrected chi connectivity index (χ2v) is 6.53. The Morgan fingerprint density at radius 1 is 0.955 bits per heavy atom. The topological polar surface area (TPSA) is 40.6 Å². The summed E-state index contributed by atoms with van der Waals surface area (Å²) in [6.45, 7) is 0. The molecule has 4 heteroatoms. The summed E-state index contributed by atoms with van der Waals surface area (Å²) >= 11 is 0. The minimum absolute atomic E-state index is 0.0337. The lowest BCUT2D eigenvalue weighted by molar-refractivity contribution is -0.120. The van der Waals surface area contributed by atoms with E-state index in [0.717, 1.165) is 35.7 Å². The molecule has 4 nitrogen and oxygen atoms in total. The molecule has 2 bridgehead atoms. The van der Waals surface area contributed by atoms with Gasteiger partial charge in [-0.15, -0.1) is 0 Å². The second kappa shape index (κ2) is 4.09. The number of amides is 3. The Kier molecular flexibility index (Phi) is 2.27. The number of urea groups is 1. The fourth-order valence-electron chi connectivity index (χ4n) is 4.55. The number of benzene rings is 2. The maximum Gasteiger partial charge on any atom is 0.332 e. The molecule has 0 N–H and O–H groups in total. The van der Waals surface area contributed by atoms with Crippen molar-refractivity contribution in [1.29, 1.82) is 0 Å². The van der Waals surface area contributed by atoms with Crippen LogP contribution in [0, 0.1) is 5.92 Å². The Morgan fingerprint density at radius 2 is 1.77 bits per heavy atom. The monoisotopic (exact) mass is 292 g/mol. The van der Waals surface area contributed by atoms with Gasteiger partial charge in [-0.2, -0.15) is 0 Å². The minimum atomic E-state index is -0.217. The maximum absolute atomic E-state index is 12.9. The first-order chi connectivity index (χ1) is 10.8. The number of hydrogen-bond acceptors (Lipinski definition) is 2. The Labute approximate surface area is 128 Å². The highest BCUT2D eigenvalue weighted by atomic mass is 16.2. The Morgan fingerprint density at radius 3 is 2.64 bits per heavy atom. The van der Waals surface area contributed by atoms with Crippen LogP contribution in [-0.4, -0.2) is 28.9 Å². The highest BCUT2D eigenvalue weighted by Crippen LogP contribution is 2.47. The number of rotatable bonds is 1. The average molecular weight is 292 g/mol. The Bertz CT molecular complexity index is 782. The van der Waals surface area contributed by atoms with Gasteiger partial charge >= 0.3 is 6.03 Å². The van der Waals surface area contributed by atoms with Crippen LogP contribution in [0.4, 0.5) is 10.5 Å². The van der Waals surface area contributed by atoms with Crippen molar-refractivity contribution in [3.8, 4) is 0 Å². The summed E-state index contributed by atoms with van der Waals surface area (Å²) in [7, 11) is 0. The average Bonchev–Trinajstić information content (AvgIpc) is 3.21. The van der Waals surface area contributed by atoms with Crippen LogP contribution in [0.3, 0.4) is 0 Å². The second-order valence-electron chi connectivity index (χ2n) is 6.53. The lowest BCUT2D eigenvalue weighted by atomic mass is 9.99. The summed E-state index contributed by atoms with van der Waals surface area (Å²) in [6.07, 6.45) is 3.13. The molecule has 2 heterocycles. The van der Waals surface area contributed by atoms with E-state index < -0.39 is 0 Å². The van der Waals surface area contributed by atoms with Gasteiger partial charge in [0, 0.05) is 11.4 Å². The zero-order valence-electron chi connectivity index (χ0n) is 12.1. The molecule has 0 spiro atoms. The van der Waals surface area contributed by atoms with Crippen molar-refractivity contribution in [2.24, 2.45) is 5.92 Å². The number of nitrogens with zero attached hydrogens (tertiary/aromatic N) is 2. The number of piperidine rings is 1. The van der Waals surface area contributed by atoms with Crippen molar-refractivity contribution in [1.82, 2.24) is 4.90 Å². The van der Waals surface area contributed by atoms with Gasteiger partial charge in [-0.3, -0.25) is 4.79 Å². The molecular formula is C18H16N2O2. The van der Waals surface area contributed by atoms with Gasteiger partial charge in [-0.25, -0.2) is 9.69 Å². The van der Waals surface area contributed by atoms with Crippen molar-refractivity contribution in [3.63, 3.8) is 0 Å². The van der Waals surface area contributed by atoms with Gasteiger partial charge in [0.2, 0.25) is 0 Å². The predicted octanol–water partition coefficient (Wildman–Crippen LogP) is 3.16. The third-order valence-corrected chi connectivity index (χ3v) is 5.48.